The second-order valence-electron chi connectivity index (χ2n) is 6.10. The molecule has 0 aromatic carbocycles. The Morgan fingerprint density at radius 1 is 1.00 bits per heavy atom. The molecule has 0 atom stereocenters. The Balaban J connectivity index is 0. The number of aliphatic hydroxyl groups excluding tert-OH is 1. The molecule has 0 spiro atoms. The Morgan fingerprint density at radius 3 is 1.67 bits per heavy atom. The Hall–Kier alpha value is -0.610. The molecule has 0 aromatic rings. The third-order valence-electron chi connectivity index (χ3n) is 1.47. The van der Waals surface area contributed by atoms with Crippen molar-refractivity contribution in [3.63, 3.8) is 0 Å². The highest BCUT2D eigenvalue weighted by Crippen LogP contribution is 2.17. The fourth-order valence-electron chi connectivity index (χ4n) is 1.35. The van der Waals surface area contributed by atoms with Gasteiger partial charge in [0.1, 0.15) is 0 Å². The summed E-state index contributed by atoms with van der Waals surface area (Å²) in [6.45, 7) is 14.4. The van der Waals surface area contributed by atoms with Crippen LogP contribution in [-0.2, 0) is 14.3 Å². The molecule has 4 nitrogen and oxygen atoms in total. The Morgan fingerprint density at radius 2 is 1.44 bits per heavy atom. The van der Waals surface area contributed by atoms with Gasteiger partial charge in [0.05, 0.1) is 17.8 Å². The lowest BCUT2D eigenvalue weighted by Crippen LogP contribution is -2.31. The van der Waals surface area contributed by atoms with Crippen molar-refractivity contribution in [3.8, 4) is 0 Å². The zero-order valence-electron chi connectivity index (χ0n) is 13.0. The summed E-state index contributed by atoms with van der Waals surface area (Å²) in [5, 5.41) is 8.29. The van der Waals surface area contributed by atoms with Gasteiger partial charge in [0.15, 0.2) is 0 Å². The summed E-state index contributed by atoms with van der Waals surface area (Å²) in [5.74, 6) is -0.257. The molecule has 0 radical (unpaired) electrons. The molecular formula is C14H30O4. The summed E-state index contributed by atoms with van der Waals surface area (Å²) < 4.78 is 10.2. The molecule has 0 aliphatic carbocycles. The van der Waals surface area contributed by atoms with E-state index in [1.54, 1.807) is 0 Å². The van der Waals surface area contributed by atoms with Crippen LogP contribution in [0, 0.1) is 0 Å². The molecule has 0 rings (SSSR count). The second kappa shape index (κ2) is 9.34. The first kappa shape index (κ1) is 19.7. The lowest BCUT2D eigenvalue weighted by atomic mass is 10.1. The van der Waals surface area contributed by atoms with E-state index in [4.69, 9.17) is 9.84 Å². The molecule has 0 saturated heterocycles. The minimum absolute atomic E-state index is 0.0156. The number of aliphatic hydroxyl groups is 1. The number of esters is 1. The molecule has 0 amide bonds. The first-order valence-corrected chi connectivity index (χ1v) is 6.42. The zero-order chi connectivity index (χ0) is 14.8. The van der Waals surface area contributed by atoms with Crippen molar-refractivity contribution in [1.82, 2.24) is 0 Å². The van der Waals surface area contributed by atoms with Gasteiger partial charge in [-0.15, -0.1) is 0 Å². The van der Waals surface area contributed by atoms with Crippen molar-refractivity contribution in [2.24, 2.45) is 0 Å². The van der Waals surface area contributed by atoms with Crippen molar-refractivity contribution in [3.05, 3.63) is 0 Å². The zero-order valence-corrected chi connectivity index (χ0v) is 13.0. The van der Waals surface area contributed by atoms with Gasteiger partial charge in [0.25, 0.3) is 0 Å². The third kappa shape index (κ3) is 24.6. The average Bonchev–Trinajstić information content (AvgIpc) is 2.07. The maximum Gasteiger partial charge on any atom is 0.302 e. The van der Waals surface area contributed by atoms with E-state index in [2.05, 4.69) is 46.3 Å². The minimum Gasteiger partial charge on any atom is -0.466 e. The van der Waals surface area contributed by atoms with E-state index in [1.807, 2.05) is 0 Å². The second-order valence-corrected chi connectivity index (χ2v) is 6.10. The fraction of sp³-hybridized carbons (Fsp3) is 0.929. The van der Waals surface area contributed by atoms with E-state index in [1.165, 1.54) is 6.92 Å². The van der Waals surface area contributed by atoms with Crippen LogP contribution in [0.15, 0.2) is 0 Å². The largest absolute Gasteiger partial charge is 0.466 e. The number of carbonyl (C=O) groups is 1. The molecule has 18 heavy (non-hydrogen) atoms. The van der Waals surface area contributed by atoms with E-state index < -0.39 is 0 Å². The molecule has 0 bridgehead atoms. The number of hydrogen-bond donors (Lipinski definition) is 1. The first-order chi connectivity index (χ1) is 7.98. The molecular weight excluding hydrogens is 232 g/mol. The Bertz CT molecular complexity index is 199. The monoisotopic (exact) mass is 262 g/mol. The van der Waals surface area contributed by atoms with Gasteiger partial charge in [0.2, 0.25) is 0 Å². The summed E-state index contributed by atoms with van der Waals surface area (Å²) >= 11 is 0. The lowest BCUT2D eigenvalue weighted by molar-refractivity contribution is -0.141. The van der Waals surface area contributed by atoms with Crippen LogP contribution in [0.2, 0.25) is 0 Å². The third-order valence-corrected chi connectivity index (χ3v) is 1.47. The molecule has 1 N–H and O–H groups in total. The smallest absolute Gasteiger partial charge is 0.302 e. The van der Waals surface area contributed by atoms with E-state index >= 15 is 0 Å². The molecule has 0 fully saturated rings. The molecule has 0 saturated carbocycles. The number of carbonyl (C=O) groups excluding carboxylic acids is 1. The van der Waals surface area contributed by atoms with Crippen molar-refractivity contribution in [1.29, 1.82) is 0 Å². The number of unbranched alkanes of at least 4 members (excludes halogenated alkanes) is 1. The van der Waals surface area contributed by atoms with Gasteiger partial charge in [-0.25, -0.2) is 0 Å². The van der Waals surface area contributed by atoms with E-state index in [9.17, 15) is 4.79 Å². The highest BCUT2D eigenvalue weighted by atomic mass is 16.5. The van der Waals surface area contributed by atoms with Crippen LogP contribution in [0.3, 0.4) is 0 Å². The van der Waals surface area contributed by atoms with Crippen LogP contribution in [0.5, 0.6) is 0 Å². The number of rotatable bonds is 4. The highest BCUT2D eigenvalue weighted by Gasteiger charge is 2.19. The molecule has 0 aliphatic heterocycles. The molecule has 4 heteroatoms. The van der Waals surface area contributed by atoms with Crippen molar-refractivity contribution < 1.29 is 19.4 Å². The van der Waals surface area contributed by atoms with Gasteiger partial charge in [-0.2, -0.15) is 0 Å². The molecule has 0 aromatic heterocycles. The van der Waals surface area contributed by atoms with Gasteiger partial charge in [0, 0.05) is 13.5 Å². The van der Waals surface area contributed by atoms with E-state index in [-0.39, 0.29) is 23.8 Å². The summed E-state index contributed by atoms with van der Waals surface area (Å²) in [6.07, 6.45) is 1.45. The summed E-state index contributed by atoms with van der Waals surface area (Å²) in [5.41, 5.74) is -0.0312. The van der Waals surface area contributed by atoms with Gasteiger partial charge < -0.3 is 14.6 Å². The van der Waals surface area contributed by atoms with Crippen molar-refractivity contribution >= 4 is 5.97 Å². The number of hydrogen-bond acceptors (Lipinski definition) is 4. The van der Waals surface area contributed by atoms with Crippen molar-refractivity contribution in [2.45, 2.75) is 72.5 Å². The quantitative estimate of drug-likeness (QED) is 0.625. The number of ether oxygens (including phenoxy) is 2. The maximum absolute atomic E-state index is 10.1. The van der Waals surface area contributed by atoms with Crippen LogP contribution in [-0.4, -0.2) is 35.5 Å². The lowest BCUT2D eigenvalue weighted by Gasteiger charge is -2.30. The molecule has 0 aliphatic rings. The molecule has 0 unspecified atom stereocenters. The predicted octanol–water partition coefficient (Wildman–Crippen LogP) is 2.92. The Kier molecular flexibility index (Phi) is 10.2. The van der Waals surface area contributed by atoms with Gasteiger partial charge in [-0.05, 0) is 54.4 Å². The van der Waals surface area contributed by atoms with Crippen LogP contribution >= 0.6 is 0 Å². The average molecular weight is 262 g/mol. The maximum atomic E-state index is 10.1. The standard InChI is InChI=1S/C8H18O.C6H12O3/c1-7(2,3)9-8(4,5)6;1-6(8)9-5-3-2-4-7/h1-6H3;7H,2-5H2,1H3. The van der Waals surface area contributed by atoms with Gasteiger partial charge >= 0.3 is 5.97 Å². The first-order valence-electron chi connectivity index (χ1n) is 6.42. The fourth-order valence-corrected chi connectivity index (χ4v) is 1.35. The summed E-state index contributed by atoms with van der Waals surface area (Å²) in [4.78, 5) is 10.1. The van der Waals surface area contributed by atoms with E-state index in [0.717, 1.165) is 6.42 Å². The highest BCUT2D eigenvalue weighted by molar-refractivity contribution is 5.65. The van der Waals surface area contributed by atoms with Crippen LogP contribution < -0.4 is 0 Å². The Labute approximate surface area is 112 Å². The van der Waals surface area contributed by atoms with Crippen LogP contribution in [0.25, 0.3) is 0 Å². The van der Waals surface area contributed by atoms with E-state index in [0.29, 0.717) is 13.0 Å². The topological polar surface area (TPSA) is 55.8 Å². The predicted molar refractivity (Wildman–Crippen MR) is 73.5 cm³/mol. The summed E-state index contributed by atoms with van der Waals surface area (Å²) in [7, 11) is 0. The van der Waals surface area contributed by atoms with Gasteiger partial charge in [-0.1, -0.05) is 0 Å². The van der Waals surface area contributed by atoms with Gasteiger partial charge in [-0.3, -0.25) is 4.79 Å². The van der Waals surface area contributed by atoms with Crippen LogP contribution in [0.4, 0.5) is 0 Å². The minimum atomic E-state index is -0.257. The molecule has 110 valence electrons. The summed E-state index contributed by atoms with van der Waals surface area (Å²) in [6, 6.07) is 0. The SMILES string of the molecule is CC(=O)OCCCCO.CC(C)(C)OC(C)(C)C. The van der Waals surface area contributed by atoms with Crippen LogP contribution in [0.1, 0.15) is 61.3 Å². The molecule has 0 heterocycles. The van der Waals surface area contributed by atoms with Crippen molar-refractivity contribution in [2.75, 3.05) is 13.2 Å². The normalized spacial score (nSPS) is 11.6.